The van der Waals surface area contributed by atoms with E-state index >= 15 is 0 Å². The van der Waals surface area contributed by atoms with Crippen molar-refractivity contribution in [1.29, 1.82) is 0 Å². The van der Waals surface area contributed by atoms with Crippen molar-refractivity contribution in [3.05, 3.63) is 12.2 Å². The molecular formula is C22H32O11. The first-order valence-electron chi connectivity index (χ1n) is 10.6. The predicted molar refractivity (Wildman–Crippen MR) is 112 cm³/mol. The van der Waals surface area contributed by atoms with E-state index in [1.54, 1.807) is 12.2 Å². The Morgan fingerprint density at radius 1 is 0.818 bits per heavy atom. The summed E-state index contributed by atoms with van der Waals surface area (Å²) in [5.41, 5.74) is 0. The van der Waals surface area contributed by atoms with Crippen molar-refractivity contribution < 1.29 is 54.7 Å². The summed E-state index contributed by atoms with van der Waals surface area (Å²) in [6.07, 6.45) is -10.3. The van der Waals surface area contributed by atoms with Crippen LogP contribution < -0.4 is 0 Å². The van der Waals surface area contributed by atoms with Crippen molar-refractivity contribution in [3.63, 3.8) is 0 Å². The summed E-state index contributed by atoms with van der Waals surface area (Å²) in [4.78, 5) is 0. The molecule has 0 aromatic rings. The molecule has 0 saturated carbocycles. The maximum absolute atomic E-state index is 10.5. The minimum atomic E-state index is -1.72. The molecule has 2 saturated heterocycles. The molecule has 0 aromatic heterocycles. The van der Waals surface area contributed by atoms with E-state index in [0.717, 1.165) is 0 Å². The molecule has 0 bridgehead atoms. The molecule has 0 radical (unpaired) electrons. The number of rotatable bonds is 8. The van der Waals surface area contributed by atoms with Crippen molar-refractivity contribution in [3.8, 4) is 23.7 Å². The van der Waals surface area contributed by atoms with Crippen LogP contribution in [0.4, 0.5) is 0 Å². The Hall–Kier alpha value is -1.58. The summed E-state index contributed by atoms with van der Waals surface area (Å²) in [5, 5.41) is 69.5. The van der Waals surface area contributed by atoms with Gasteiger partial charge in [0.2, 0.25) is 0 Å². The zero-order chi connectivity index (χ0) is 24.4. The Morgan fingerprint density at radius 3 is 2.09 bits per heavy atom. The average molecular weight is 472 g/mol. The van der Waals surface area contributed by atoms with Crippen molar-refractivity contribution in [2.45, 2.75) is 81.2 Å². The molecule has 0 aromatic carbocycles. The van der Waals surface area contributed by atoms with Crippen LogP contribution in [0, 0.1) is 23.7 Å². The number of hydrogen-bond donors (Lipinski definition) is 7. The summed E-state index contributed by atoms with van der Waals surface area (Å²) in [7, 11) is 0. The van der Waals surface area contributed by atoms with Gasteiger partial charge in [0.05, 0.1) is 19.8 Å². The molecule has 2 fully saturated rings. The van der Waals surface area contributed by atoms with Gasteiger partial charge in [0.1, 0.15) is 48.8 Å². The summed E-state index contributed by atoms with van der Waals surface area (Å²) < 4.78 is 22.0. The van der Waals surface area contributed by atoms with E-state index in [1.165, 1.54) is 0 Å². The van der Waals surface area contributed by atoms with E-state index in [0.29, 0.717) is 12.8 Å². The van der Waals surface area contributed by atoms with E-state index in [1.807, 2.05) is 6.92 Å². The maximum Gasteiger partial charge on any atom is 0.187 e. The monoisotopic (exact) mass is 472 g/mol. The van der Waals surface area contributed by atoms with Gasteiger partial charge >= 0.3 is 0 Å². The first kappa shape index (κ1) is 27.7. The van der Waals surface area contributed by atoms with Crippen molar-refractivity contribution in [2.75, 3.05) is 19.8 Å². The fraction of sp³-hybridized carbons (Fsp3) is 0.727. The minimum Gasteiger partial charge on any atom is -0.394 e. The Bertz CT molecular complexity index is 734. The lowest BCUT2D eigenvalue weighted by Crippen LogP contribution is -2.64. The van der Waals surface area contributed by atoms with Gasteiger partial charge in [-0.05, 0) is 31.3 Å². The highest BCUT2D eigenvalue weighted by Crippen LogP contribution is 2.29. The topological polar surface area (TPSA) is 179 Å². The van der Waals surface area contributed by atoms with Crippen molar-refractivity contribution in [1.82, 2.24) is 0 Å². The van der Waals surface area contributed by atoms with Crippen LogP contribution in [-0.2, 0) is 18.9 Å². The van der Waals surface area contributed by atoms with Crippen LogP contribution in [0.2, 0.25) is 0 Å². The van der Waals surface area contributed by atoms with Crippen LogP contribution in [0.1, 0.15) is 19.8 Å². The molecule has 0 spiro atoms. The summed E-state index contributed by atoms with van der Waals surface area (Å²) in [6, 6.07) is 0. The van der Waals surface area contributed by atoms with Crippen LogP contribution in [0.15, 0.2) is 12.2 Å². The summed E-state index contributed by atoms with van der Waals surface area (Å²) >= 11 is 0. The second-order valence-electron chi connectivity index (χ2n) is 7.55. The number of hydrogen-bond acceptors (Lipinski definition) is 11. The summed E-state index contributed by atoms with van der Waals surface area (Å²) in [5.74, 6) is 10.9. The van der Waals surface area contributed by atoms with Crippen LogP contribution in [0.25, 0.3) is 0 Å². The highest BCUT2D eigenvalue weighted by molar-refractivity contribution is 5.30. The maximum atomic E-state index is 10.5. The highest BCUT2D eigenvalue weighted by Gasteiger charge is 2.50. The molecule has 11 nitrogen and oxygen atoms in total. The number of allylic oxidation sites excluding steroid dienone is 2. The number of unbranched alkanes of at least 4 members (excludes halogenated alkanes) is 1. The smallest absolute Gasteiger partial charge is 0.187 e. The number of ether oxygens (including phenoxy) is 4. The molecule has 2 heterocycles. The van der Waals surface area contributed by atoms with Gasteiger partial charge in [-0.15, -0.1) is 0 Å². The Labute approximate surface area is 192 Å². The molecule has 2 aliphatic rings. The lowest BCUT2D eigenvalue weighted by Gasteiger charge is -2.45. The number of aliphatic hydroxyl groups is 7. The van der Waals surface area contributed by atoms with Crippen LogP contribution >= 0.6 is 0 Å². The molecular weight excluding hydrogens is 440 g/mol. The fourth-order valence-corrected chi connectivity index (χ4v) is 3.30. The third-order valence-corrected chi connectivity index (χ3v) is 5.17. The van der Waals surface area contributed by atoms with Crippen LogP contribution in [0.5, 0.6) is 0 Å². The first-order valence-corrected chi connectivity index (χ1v) is 10.6. The van der Waals surface area contributed by atoms with Gasteiger partial charge in [-0.25, -0.2) is 0 Å². The lowest BCUT2D eigenvalue weighted by atomic mass is 9.97. The zero-order valence-corrected chi connectivity index (χ0v) is 18.2. The Morgan fingerprint density at radius 2 is 1.45 bits per heavy atom. The molecule has 10 unspecified atom stereocenters. The van der Waals surface area contributed by atoms with Gasteiger partial charge < -0.3 is 54.7 Å². The average Bonchev–Trinajstić information content (AvgIpc) is 2.82. The standard InChI is InChI=1S/C22H32O11/c1-2-3-4-5-6-7-8-9-10-30-22-20(18(28)16(26)14(12-24)32-22)33-21-19(29)17(27)15(25)13(11-23)31-21/h2-3,13-29H,8-12H2,1H3. The van der Waals surface area contributed by atoms with Crippen molar-refractivity contribution >= 4 is 0 Å². The van der Waals surface area contributed by atoms with Crippen LogP contribution in [0.3, 0.4) is 0 Å². The predicted octanol–water partition coefficient (Wildman–Crippen LogP) is -3.01. The molecule has 2 rings (SSSR count). The third-order valence-electron chi connectivity index (χ3n) is 5.17. The second-order valence-corrected chi connectivity index (χ2v) is 7.55. The molecule has 10 atom stereocenters. The van der Waals surface area contributed by atoms with E-state index < -0.39 is 74.6 Å². The van der Waals surface area contributed by atoms with E-state index in [-0.39, 0.29) is 6.61 Å². The molecule has 0 amide bonds. The van der Waals surface area contributed by atoms with Gasteiger partial charge in [-0.3, -0.25) is 0 Å². The van der Waals surface area contributed by atoms with Gasteiger partial charge in [-0.1, -0.05) is 17.9 Å². The SMILES string of the molecule is CC=CC#CC#CCCCOC1OC(CO)C(O)C(O)C1OC1OC(CO)C(O)C(O)C1O. The lowest BCUT2D eigenvalue weighted by molar-refractivity contribution is -0.367. The third kappa shape index (κ3) is 7.45. The first-order chi connectivity index (χ1) is 15.8. The quantitative estimate of drug-likeness (QED) is 0.141. The fourth-order valence-electron chi connectivity index (χ4n) is 3.30. The van der Waals surface area contributed by atoms with Crippen LogP contribution in [-0.4, -0.2) is 117 Å². The molecule has 186 valence electrons. The number of aliphatic hydroxyl groups excluding tert-OH is 7. The molecule has 11 heteroatoms. The highest BCUT2D eigenvalue weighted by atomic mass is 16.8. The molecule has 33 heavy (non-hydrogen) atoms. The minimum absolute atomic E-state index is 0.122. The van der Waals surface area contributed by atoms with Gasteiger partial charge in [0.15, 0.2) is 12.6 Å². The normalized spacial score (nSPS) is 38.9. The molecule has 7 N–H and O–H groups in total. The van der Waals surface area contributed by atoms with Gasteiger partial charge in [0, 0.05) is 6.42 Å². The Kier molecular flexibility index (Phi) is 11.7. The molecule has 2 aliphatic heterocycles. The van der Waals surface area contributed by atoms with E-state index in [2.05, 4.69) is 23.7 Å². The summed E-state index contributed by atoms with van der Waals surface area (Å²) in [6.45, 7) is 0.709. The molecule has 0 aliphatic carbocycles. The van der Waals surface area contributed by atoms with Gasteiger partial charge in [-0.2, -0.15) is 0 Å². The Balaban J connectivity index is 2.02. The van der Waals surface area contributed by atoms with E-state index in [4.69, 9.17) is 18.9 Å². The zero-order valence-electron chi connectivity index (χ0n) is 18.2. The van der Waals surface area contributed by atoms with Gasteiger partial charge in [0.25, 0.3) is 0 Å². The second kappa shape index (κ2) is 14.0. The largest absolute Gasteiger partial charge is 0.394 e. The van der Waals surface area contributed by atoms with E-state index in [9.17, 15) is 35.7 Å². The van der Waals surface area contributed by atoms with Crippen molar-refractivity contribution in [2.24, 2.45) is 0 Å².